The Balaban J connectivity index is 0. The largest absolute Gasteiger partial charge is 0.330 e. The Labute approximate surface area is 56.7 Å². The third kappa shape index (κ3) is 18.7. The van der Waals surface area contributed by atoms with Gasteiger partial charge in [0.05, 0.1) is 0 Å². The standard InChI is InChI=1S/C6H15N.N2/c1-2-3-4-5-6-7;1-2/h2-7H2,1H3;. The van der Waals surface area contributed by atoms with Gasteiger partial charge >= 0.3 is 0 Å². The van der Waals surface area contributed by atoms with E-state index in [2.05, 4.69) is 6.92 Å². The highest BCUT2D eigenvalue weighted by Crippen LogP contribution is 1.95. The van der Waals surface area contributed by atoms with Crippen LogP contribution >= 0.6 is 0 Å². The Bertz CT molecular complexity index is 47.5. The third-order valence-electron chi connectivity index (χ3n) is 1.06. The van der Waals surface area contributed by atoms with Crippen LogP contribution in [0.1, 0.15) is 32.6 Å². The number of unbranched alkanes of at least 4 members (excludes halogenated alkanes) is 3. The smallest absolute Gasteiger partial charge is 0 e. The van der Waals surface area contributed by atoms with Gasteiger partial charge in [0.2, 0.25) is 0 Å². The highest BCUT2D eigenvalue weighted by atomic mass is 14.6. The van der Waals surface area contributed by atoms with E-state index in [1.807, 2.05) is 0 Å². The number of hydrogen-bond donors (Lipinski definition) is 1. The van der Waals surface area contributed by atoms with Crippen molar-refractivity contribution in [3.63, 3.8) is 0 Å². The molecule has 9 heavy (non-hydrogen) atoms. The average molecular weight is 129 g/mol. The Morgan fingerprint density at radius 1 is 1.11 bits per heavy atom. The topological polar surface area (TPSA) is 73.6 Å². The molecule has 0 radical (unpaired) electrons. The van der Waals surface area contributed by atoms with Crippen molar-refractivity contribution in [3.05, 3.63) is 0 Å². The first-order chi connectivity index (χ1) is 4.41. The van der Waals surface area contributed by atoms with Gasteiger partial charge in [-0.2, -0.15) is 0 Å². The van der Waals surface area contributed by atoms with E-state index in [1.165, 1.54) is 25.7 Å². The summed E-state index contributed by atoms with van der Waals surface area (Å²) in [6.07, 6.45) is 5.16. The molecular formula is C6H15N3. The Kier molecular flexibility index (Phi) is 19.5. The summed E-state index contributed by atoms with van der Waals surface area (Å²) in [6, 6.07) is 0. The molecule has 0 aromatic carbocycles. The van der Waals surface area contributed by atoms with Crippen molar-refractivity contribution in [2.45, 2.75) is 32.6 Å². The zero-order valence-corrected chi connectivity index (χ0v) is 6.01. The highest BCUT2D eigenvalue weighted by molar-refractivity contribution is 4.38. The molecule has 0 saturated heterocycles. The van der Waals surface area contributed by atoms with Crippen molar-refractivity contribution in [1.29, 1.82) is 10.8 Å². The molecule has 0 amide bonds. The Hall–Kier alpha value is -0.620. The van der Waals surface area contributed by atoms with Crippen molar-refractivity contribution in [2.24, 2.45) is 5.73 Å². The molecule has 0 aliphatic heterocycles. The molecule has 0 heterocycles. The van der Waals surface area contributed by atoms with Crippen molar-refractivity contribution in [3.8, 4) is 0 Å². The van der Waals surface area contributed by atoms with Crippen LogP contribution < -0.4 is 5.73 Å². The fraction of sp³-hybridized carbons (Fsp3) is 1.00. The molecule has 2 N–H and O–H groups in total. The van der Waals surface area contributed by atoms with Crippen LogP contribution in [0, 0.1) is 10.8 Å². The van der Waals surface area contributed by atoms with Gasteiger partial charge in [0, 0.05) is 10.8 Å². The monoisotopic (exact) mass is 129 g/mol. The van der Waals surface area contributed by atoms with E-state index in [1.54, 1.807) is 0 Å². The van der Waals surface area contributed by atoms with Crippen molar-refractivity contribution in [1.82, 2.24) is 0 Å². The van der Waals surface area contributed by atoms with E-state index >= 15 is 0 Å². The molecule has 0 aromatic heterocycles. The second-order valence-electron chi connectivity index (χ2n) is 1.85. The molecule has 0 aliphatic carbocycles. The molecule has 0 spiro atoms. The lowest BCUT2D eigenvalue weighted by Gasteiger charge is -1.90. The maximum atomic E-state index is 6.00. The zero-order valence-electron chi connectivity index (χ0n) is 6.01. The maximum absolute atomic E-state index is 6.00. The molecule has 0 aliphatic rings. The van der Waals surface area contributed by atoms with Crippen molar-refractivity contribution < 1.29 is 0 Å². The lowest BCUT2D eigenvalue weighted by molar-refractivity contribution is 0.674. The molecule has 0 aromatic rings. The van der Waals surface area contributed by atoms with Crippen LogP contribution in [0.2, 0.25) is 0 Å². The SMILES string of the molecule is CCCCCCN.N#N. The Morgan fingerprint density at radius 3 is 2.00 bits per heavy atom. The van der Waals surface area contributed by atoms with Crippen LogP contribution in [-0.4, -0.2) is 6.54 Å². The van der Waals surface area contributed by atoms with Gasteiger partial charge in [0.1, 0.15) is 0 Å². The van der Waals surface area contributed by atoms with Crippen molar-refractivity contribution >= 4 is 0 Å². The van der Waals surface area contributed by atoms with Crippen LogP contribution in [0.4, 0.5) is 0 Å². The first-order valence-electron chi connectivity index (χ1n) is 3.32. The molecule has 0 atom stereocenters. The number of rotatable bonds is 4. The summed E-state index contributed by atoms with van der Waals surface area (Å²) in [6.45, 7) is 3.07. The van der Waals surface area contributed by atoms with E-state index in [0.717, 1.165) is 6.54 Å². The van der Waals surface area contributed by atoms with Gasteiger partial charge in [-0.15, -0.1) is 0 Å². The van der Waals surface area contributed by atoms with Gasteiger partial charge in [-0.05, 0) is 13.0 Å². The predicted octanol–water partition coefficient (Wildman–Crippen LogP) is 1.56. The van der Waals surface area contributed by atoms with Crippen LogP contribution in [0.3, 0.4) is 0 Å². The molecule has 0 bridgehead atoms. The summed E-state index contributed by atoms with van der Waals surface area (Å²) in [5, 5.41) is 12.0. The van der Waals surface area contributed by atoms with Crippen LogP contribution in [0.25, 0.3) is 0 Å². The third-order valence-corrected chi connectivity index (χ3v) is 1.06. The van der Waals surface area contributed by atoms with Gasteiger partial charge in [-0.25, -0.2) is 0 Å². The van der Waals surface area contributed by atoms with Gasteiger partial charge < -0.3 is 5.73 Å². The lowest BCUT2D eigenvalue weighted by Crippen LogP contribution is -1.97. The van der Waals surface area contributed by atoms with Gasteiger partial charge in [0.25, 0.3) is 0 Å². The minimum Gasteiger partial charge on any atom is -0.330 e. The van der Waals surface area contributed by atoms with E-state index in [-0.39, 0.29) is 0 Å². The second-order valence-corrected chi connectivity index (χ2v) is 1.85. The summed E-state index contributed by atoms with van der Waals surface area (Å²) < 4.78 is 0. The van der Waals surface area contributed by atoms with E-state index in [0.29, 0.717) is 0 Å². The Morgan fingerprint density at radius 2 is 1.67 bits per heavy atom. The van der Waals surface area contributed by atoms with Crippen LogP contribution in [0.15, 0.2) is 0 Å². The summed E-state index contributed by atoms with van der Waals surface area (Å²) in [7, 11) is 0. The van der Waals surface area contributed by atoms with Crippen molar-refractivity contribution in [2.75, 3.05) is 6.54 Å². The van der Waals surface area contributed by atoms with E-state index in [4.69, 9.17) is 16.5 Å². The summed E-state index contributed by atoms with van der Waals surface area (Å²) in [4.78, 5) is 0. The average Bonchev–Trinajstić information content (AvgIpc) is 1.94. The van der Waals surface area contributed by atoms with Gasteiger partial charge in [-0.3, -0.25) is 0 Å². The fourth-order valence-corrected chi connectivity index (χ4v) is 0.571. The minimum absolute atomic E-state index is 0.861. The maximum Gasteiger partial charge on any atom is 0 e. The molecule has 0 fully saturated rings. The predicted molar refractivity (Wildman–Crippen MR) is 36.6 cm³/mol. The minimum atomic E-state index is 0.861. The highest BCUT2D eigenvalue weighted by Gasteiger charge is 1.80. The zero-order chi connectivity index (χ0) is 7.54. The molecule has 3 nitrogen and oxygen atoms in total. The van der Waals surface area contributed by atoms with Crippen LogP contribution in [-0.2, 0) is 0 Å². The van der Waals surface area contributed by atoms with Crippen LogP contribution in [0.5, 0.6) is 0 Å². The molecule has 0 unspecified atom stereocenters. The molecular weight excluding hydrogens is 114 g/mol. The normalized spacial score (nSPS) is 7.56. The van der Waals surface area contributed by atoms with E-state index < -0.39 is 0 Å². The van der Waals surface area contributed by atoms with Gasteiger partial charge in [0.15, 0.2) is 0 Å². The first kappa shape index (κ1) is 11.2. The number of hydrogen-bond acceptors (Lipinski definition) is 3. The molecule has 3 heteroatoms. The molecule has 54 valence electrons. The lowest BCUT2D eigenvalue weighted by atomic mass is 10.2. The second kappa shape index (κ2) is 15.7. The van der Waals surface area contributed by atoms with Gasteiger partial charge in [-0.1, -0.05) is 26.2 Å². The quantitative estimate of drug-likeness (QED) is 0.462. The summed E-state index contributed by atoms with van der Waals surface area (Å²) >= 11 is 0. The summed E-state index contributed by atoms with van der Waals surface area (Å²) in [5.74, 6) is 0. The molecule has 0 saturated carbocycles. The molecule has 0 rings (SSSR count). The van der Waals surface area contributed by atoms with E-state index in [9.17, 15) is 0 Å². The number of nitrogens with zero attached hydrogens (tertiary/aromatic N) is 2. The summed E-state index contributed by atoms with van der Waals surface area (Å²) in [5.41, 5.74) is 5.27. The number of nitrogens with two attached hydrogens (primary N) is 1. The first-order valence-corrected chi connectivity index (χ1v) is 3.32. The fourth-order valence-electron chi connectivity index (χ4n) is 0.571.